The van der Waals surface area contributed by atoms with Crippen LogP contribution in [0.15, 0.2) is 64.4 Å². The molecule has 132 valence electrons. The monoisotopic (exact) mass is 401 g/mol. The first-order chi connectivity index (χ1) is 12.7. The number of hydrogen-bond donors (Lipinski definition) is 0. The smallest absolute Gasteiger partial charge is 0.264 e. The number of carbonyl (C=O) groups excluding carboxylic acids is 2. The van der Waals surface area contributed by atoms with Crippen molar-refractivity contribution in [2.45, 2.75) is 12.5 Å². The van der Waals surface area contributed by atoms with E-state index in [1.165, 1.54) is 0 Å². The van der Waals surface area contributed by atoms with E-state index < -0.39 is 6.04 Å². The standard InChI is InChI=1S/C20H16ClNO2S2/c21-15-9-5-4-6-13(15)12-16-18(23)17(20-25-10-11-26-20)19(24)22(16)14-7-2-1-3-8-14/h1-9,16H,10-12H2. The molecule has 2 saturated heterocycles. The van der Waals surface area contributed by atoms with Gasteiger partial charge in [-0.2, -0.15) is 0 Å². The lowest BCUT2D eigenvalue weighted by Crippen LogP contribution is -2.37. The van der Waals surface area contributed by atoms with Crippen LogP contribution < -0.4 is 4.90 Å². The molecule has 0 aliphatic carbocycles. The molecule has 0 bridgehead atoms. The quantitative estimate of drug-likeness (QED) is 0.558. The van der Waals surface area contributed by atoms with E-state index in [4.69, 9.17) is 11.6 Å². The van der Waals surface area contributed by atoms with Crippen molar-refractivity contribution >= 4 is 52.5 Å². The van der Waals surface area contributed by atoms with Crippen LogP contribution in [0.2, 0.25) is 5.02 Å². The SMILES string of the molecule is O=C1C(=C2SCCS2)C(=O)N(c2ccccc2)C1Cc1ccccc1Cl. The number of benzene rings is 2. The number of thioether (sulfide) groups is 2. The summed E-state index contributed by atoms with van der Waals surface area (Å²) in [6.45, 7) is 0. The summed E-state index contributed by atoms with van der Waals surface area (Å²) in [5.74, 6) is 1.57. The zero-order valence-corrected chi connectivity index (χ0v) is 16.2. The van der Waals surface area contributed by atoms with Crippen molar-refractivity contribution in [3.63, 3.8) is 0 Å². The molecule has 2 aromatic carbocycles. The molecular formula is C20H16ClNO2S2. The van der Waals surface area contributed by atoms with Crippen LogP contribution in [0.5, 0.6) is 0 Å². The third-order valence-corrected chi connectivity index (χ3v) is 7.54. The highest BCUT2D eigenvalue weighted by atomic mass is 35.5. The van der Waals surface area contributed by atoms with Gasteiger partial charge in [0.2, 0.25) is 0 Å². The lowest BCUT2D eigenvalue weighted by molar-refractivity contribution is -0.116. The van der Waals surface area contributed by atoms with E-state index in [-0.39, 0.29) is 11.7 Å². The molecule has 2 aliphatic heterocycles. The average Bonchev–Trinajstić information content (AvgIpc) is 3.25. The fraction of sp³-hybridized carbons (Fsp3) is 0.200. The zero-order chi connectivity index (χ0) is 18.1. The number of carbonyl (C=O) groups is 2. The van der Waals surface area contributed by atoms with Crippen molar-refractivity contribution < 1.29 is 9.59 Å². The first-order valence-electron chi connectivity index (χ1n) is 8.33. The topological polar surface area (TPSA) is 37.4 Å². The lowest BCUT2D eigenvalue weighted by Gasteiger charge is -2.23. The van der Waals surface area contributed by atoms with E-state index in [1.54, 1.807) is 28.4 Å². The van der Waals surface area contributed by atoms with Gasteiger partial charge in [-0.15, -0.1) is 23.5 Å². The minimum Gasteiger partial charge on any atom is -0.297 e. The summed E-state index contributed by atoms with van der Waals surface area (Å²) in [6.07, 6.45) is 0.408. The number of ketones is 1. The van der Waals surface area contributed by atoms with E-state index >= 15 is 0 Å². The van der Waals surface area contributed by atoms with Crippen LogP contribution in [-0.4, -0.2) is 29.2 Å². The molecule has 4 rings (SSSR count). The Hall–Kier alpha value is -1.69. The Bertz CT molecular complexity index is 890. The number of para-hydroxylation sites is 1. The van der Waals surface area contributed by atoms with Crippen molar-refractivity contribution in [3.8, 4) is 0 Å². The molecule has 6 heteroatoms. The van der Waals surface area contributed by atoms with E-state index in [2.05, 4.69) is 0 Å². The number of Topliss-reactive ketones (excluding diaryl/α,β-unsaturated/α-hetero) is 1. The summed E-state index contributed by atoms with van der Waals surface area (Å²) in [5, 5.41) is 0.617. The van der Waals surface area contributed by atoms with Crippen molar-refractivity contribution in [1.29, 1.82) is 0 Å². The molecule has 2 aliphatic rings. The van der Waals surface area contributed by atoms with Gasteiger partial charge in [-0.05, 0) is 23.8 Å². The normalized spacial score (nSPS) is 20.3. The largest absolute Gasteiger partial charge is 0.297 e. The minimum absolute atomic E-state index is 0.101. The molecular weight excluding hydrogens is 386 g/mol. The first-order valence-corrected chi connectivity index (χ1v) is 10.7. The van der Waals surface area contributed by atoms with Gasteiger partial charge >= 0.3 is 0 Å². The van der Waals surface area contributed by atoms with Crippen LogP contribution in [0.4, 0.5) is 5.69 Å². The number of amides is 1. The number of halogens is 1. The summed E-state index contributed by atoms with van der Waals surface area (Å²) in [6, 6.07) is 16.3. The third-order valence-electron chi connectivity index (χ3n) is 4.45. The van der Waals surface area contributed by atoms with Crippen LogP contribution in [0.1, 0.15) is 5.56 Å². The second-order valence-corrected chi connectivity index (χ2v) is 8.92. The van der Waals surface area contributed by atoms with Crippen LogP contribution in [-0.2, 0) is 16.0 Å². The Labute approximate surface area is 165 Å². The summed E-state index contributed by atoms with van der Waals surface area (Å²) >= 11 is 9.52. The molecule has 1 atom stereocenters. The zero-order valence-electron chi connectivity index (χ0n) is 13.9. The molecule has 1 unspecified atom stereocenters. The maximum Gasteiger partial charge on any atom is 0.264 e. The second-order valence-electron chi connectivity index (χ2n) is 6.05. The predicted octanol–water partition coefficient (Wildman–Crippen LogP) is 4.56. The van der Waals surface area contributed by atoms with Gasteiger partial charge in [0.25, 0.3) is 5.91 Å². The van der Waals surface area contributed by atoms with Crippen molar-refractivity contribution in [2.75, 3.05) is 16.4 Å². The molecule has 2 heterocycles. The summed E-state index contributed by atoms with van der Waals surface area (Å²) in [7, 11) is 0. The molecule has 0 N–H and O–H groups in total. The van der Waals surface area contributed by atoms with Crippen LogP contribution in [0.25, 0.3) is 0 Å². The highest BCUT2D eigenvalue weighted by Gasteiger charge is 2.46. The van der Waals surface area contributed by atoms with Crippen LogP contribution in [0.3, 0.4) is 0 Å². The summed E-state index contributed by atoms with van der Waals surface area (Å²) < 4.78 is 0.864. The Balaban J connectivity index is 1.78. The van der Waals surface area contributed by atoms with Crippen LogP contribution in [0, 0.1) is 0 Å². The Morgan fingerprint density at radius 3 is 2.31 bits per heavy atom. The van der Waals surface area contributed by atoms with Gasteiger partial charge < -0.3 is 0 Å². The first kappa shape index (κ1) is 17.7. The molecule has 1 amide bonds. The number of hydrogen-bond acceptors (Lipinski definition) is 4. The molecule has 0 radical (unpaired) electrons. The van der Waals surface area contributed by atoms with E-state index in [9.17, 15) is 9.59 Å². The van der Waals surface area contributed by atoms with Crippen molar-refractivity contribution in [1.82, 2.24) is 0 Å². The summed E-state index contributed by atoms with van der Waals surface area (Å²) in [5.41, 5.74) is 1.96. The highest BCUT2D eigenvalue weighted by molar-refractivity contribution is 8.25. The molecule has 0 saturated carbocycles. The van der Waals surface area contributed by atoms with Crippen LogP contribution >= 0.6 is 35.1 Å². The fourth-order valence-electron chi connectivity index (χ4n) is 3.24. The van der Waals surface area contributed by atoms with Crippen molar-refractivity contribution in [2.24, 2.45) is 0 Å². The Morgan fingerprint density at radius 2 is 1.62 bits per heavy atom. The minimum atomic E-state index is -0.561. The fourth-order valence-corrected chi connectivity index (χ4v) is 5.98. The van der Waals surface area contributed by atoms with E-state index in [0.717, 1.165) is 27.0 Å². The number of rotatable bonds is 3. The van der Waals surface area contributed by atoms with Gasteiger partial charge in [-0.3, -0.25) is 14.5 Å². The molecule has 26 heavy (non-hydrogen) atoms. The van der Waals surface area contributed by atoms with Gasteiger partial charge in [-0.1, -0.05) is 48.0 Å². The average molecular weight is 402 g/mol. The van der Waals surface area contributed by atoms with E-state index in [0.29, 0.717) is 17.0 Å². The van der Waals surface area contributed by atoms with Crippen molar-refractivity contribution in [3.05, 3.63) is 75.0 Å². The van der Waals surface area contributed by atoms with Gasteiger partial charge in [0.15, 0.2) is 5.78 Å². The van der Waals surface area contributed by atoms with Gasteiger partial charge in [0, 0.05) is 28.6 Å². The lowest BCUT2D eigenvalue weighted by atomic mass is 10.0. The van der Waals surface area contributed by atoms with Gasteiger partial charge in [0.05, 0.1) is 4.24 Å². The summed E-state index contributed by atoms with van der Waals surface area (Å²) in [4.78, 5) is 28.0. The molecule has 3 nitrogen and oxygen atoms in total. The molecule has 0 spiro atoms. The maximum absolute atomic E-state index is 13.2. The molecule has 0 aromatic heterocycles. The number of anilines is 1. The van der Waals surface area contributed by atoms with E-state index in [1.807, 2.05) is 54.6 Å². The number of nitrogens with zero attached hydrogens (tertiary/aromatic N) is 1. The van der Waals surface area contributed by atoms with Gasteiger partial charge in [-0.25, -0.2) is 0 Å². The highest BCUT2D eigenvalue weighted by Crippen LogP contribution is 2.43. The molecule has 2 fully saturated rings. The predicted molar refractivity (Wildman–Crippen MR) is 110 cm³/mol. The Kier molecular flexibility index (Phi) is 5.11. The maximum atomic E-state index is 13.2. The molecule has 2 aromatic rings. The third kappa shape index (κ3) is 3.20. The van der Waals surface area contributed by atoms with Gasteiger partial charge in [0.1, 0.15) is 11.6 Å². The second kappa shape index (κ2) is 7.51. The Morgan fingerprint density at radius 1 is 0.962 bits per heavy atom.